The highest BCUT2D eigenvalue weighted by molar-refractivity contribution is 5.82. The predicted molar refractivity (Wildman–Crippen MR) is 126 cm³/mol. The second kappa shape index (κ2) is 9.12. The van der Waals surface area contributed by atoms with Crippen LogP contribution < -0.4 is 11.3 Å². The number of nitrogens with zero attached hydrogens (tertiary/aromatic N) is 3. The van der Waals surface area contributed by atoms with Crippen LogP contribution in [0.2, 0.25) is 0 Å². The van der Waals surface area contributed by atoms with E-state index in [1.807, 2.05) is 30.3 Å². The summed E-state index contributed by atoms with van der Waals surface area (Å²) in [4.78, 5) is 21.0. The zero-order chi connectivity index (χ0) is 22.1. The first kappa shape index (κ1) is 21.3. The highest BCUT2D eigenvalue weighted by Gasteiger charge is 2.33. The third-order valence-corrected chi connectivity index (χ3v) is 6.90. The maximum atomic E-state index is 14.9. The van der Waals surface area contributed by atoms with Gasteiger partial charge in [0.1, 0.15) is 17.2 Å². The van der Waals surface area contributed by atoms with Gasteiger partial charge in [-0.1, -0.05) is 30.7 Å². The molecule has 32 heavy (non-hydrogen) atoms. The maximum absolute atomic E-state index is 14.9. The van der Waals surface area contributed by atoms with Crippen LogP contribution in [0.3, 0.4) is 0 Å². The number of nitrogens with two attached hydrogens (primary N) is 1. The van der Waals surface area contributed by atoms with E-state index in [2.05, 4.69) is 9.88 Å². The minimum absolute atomic E-state index is 0.156. The van der Waals surface area contributed by atoms with E-state index < -0.39 is 5.82 Å². The van der Waals surface area contributed by atoms with Gasteiger partial charge < -0.3 is 10.6 Å². The molecule has 0 amide bonds. The summed E-state index contributed by atoms with van der Waals surface area (Å²) in [5, 5.41) is 0.388. The van der Waals surface area contributed by atoms with Crippen molar-refractivity contribution in [3.8, 4) is 5.69 Å². The molecule has 3 aromatic rings. The van der Waals surface area contributed by atoms with E-state index >= 15 is 0 Å². The lowest BCUT2D eigenvalue weighted by Gasteiger charge is -2.26. The van der Waals surface area contributed by atoms with Crippen molar-refractivity contribution in [2.75, 3.05) is 19.6 Å². The molecule has 1 aromatic heterocycles. The normalized spacial score (nSPS) is 18.2. The van der Waals surface area contributed by atoms with Crippen molar-refractivity contribution >= 4 is 10.9 Å². The summed E-state index contributed by atoms with van der Waals surface area (Å²) in [5.41, 5.74) is 8.02. The number of likely N-dealkylation sites (tertiary alicyclic amines) is 1. The van der Waals surface area contributed by atoms with Crippen LogP contribution in [0.15, 0.2) is 47.3 Å². The van der Waals surface area contributed by atoms with E-state index in [1.54, 1.807) is 10.6 Å². The molecular weight excluding hydrogens is 403 g/mol. The molecule has 2 aliphatic rings. The van der Waals surface area contributed by atoms with Crippen LogP contribution >= 0.6 is 0 Å². The Morgan fingerprint density at radius 3 is 2.53 bits per heavy atom. The van der Waals surface area contributed by atoms with E-state index in [-0.39, 0.29) is 17.1 Å². The number of hydrogen-bond donors (Lipinski definition) is 1. The Morgan fingerprint density at radius 2 is 1.81 bits per heavy atom. The van der Waals surface area contributed by atoms with E-state index in [0.717, 1.165) is 56.6 Å². The van der Waals surface area contributed by atoms with Gasteiger partial charge in [-0.3, -0.25) is 9.36 Å². The molecule has 1 unspecified atom stereocenters. The fraction of sp³-hybridized carbons (Fsp3) is 0.462. The summed E-state index contributed by atoms with van der Waals surface area (Å²) < 4.78 is 16.5. The largest absolute Gasteiger partial charge is 0.321 e. The van der Waals surface area contributed by atoms with Crippen LogP contribution in [0.5, 0.6) is 0 Å². The van der Waals surface area contributed by atoms with Gasteiger partial charge in [-0.25, -0.2) is 9.37 Å². The van der Waals surface area contributed by atoms with Gasteiger partial charge in [-0.15, -0.1) is 0 Å². The van der Waals surface area contributed by atoms with E-state index in [9.17, 15) is 9.18 Å². The molecule has 0 bridgehead atoms. The highest BCUT2D eigenvalue weighted by atomic mass is 19.1. The summed E-state index contributed by atoms with van der Waals surface area (Å²) in [5.74, 6) is 0.298. The second-order valence-electron chi connectivity index (χ2n) is 9.25. The molecule has 0 spiro atoms. The Bertz CT molecular complexity index is 1150. The fourth-order valence-corrected chi connectivity index (χ4v) is 4.94. The molecular formula is C26H31FN4O. The number of benzene rings is 2. The SMILES string of the molecule is NC(c1nc2c(F)ccc(CCCN3CCCCC3)c2c(=O)n1-c1ccccc1)C1CC1. The summed E-state index contributed by atoms with van der Waals surface area (Å²) in [7, 11) is 0. The highest BCUT2D eigenvalue weighted by Crippen LogP contribution is 2.39. The van der Waals surface area contributed by atoms with Gasteiger partial charge in [0.25, 0.3) is 5.56 Å². The average molecular weight is 435 g/mol. The first-order valence-corrected chi connectivity index (χ1v) is 11.9. The quantitative estimate of drug-likeness (QED) is 0.600. The van der Waals surface area contributed by atoms with Crippen LogP contribution in [0.4, 0.5) is 4.39 Å². The molecule has 2 N–H and O–H groups in total. The molecule has 2 fully saturated rings. The first-order chi connectivity index (χ1) is 15.6. The third kappa shape index (κ3) is 4.21. The molecule has 2 aromatic carbocycles. The van der Waals surface area contributed by atoms with Gasteiger partial charge in [0.05, 0.1) is 17.1 Å². The lowest BCUT2D eigenvalue weighted by Crippen LogP contribution is -2.31. The fourth-order valence-electron chi connectivity index (χ4n) is 4.94. The summed E-state index contributed by atoms with van der Waals surface area (Å²) in [6.45, 7) is 3.30. The van der Waals surface area contributed by atoms with Crippen LogP contribution in [-0.2, 0) is 6.42 Å². The number of aryl methyl sites for hydroxylation is 1. The van der Waals surface area contributed by atoms with Gasteiger partial charge in [0.2, 0.25) is 0 Å². The first-order valence-electron chi connectivity index (χ1n) is 11.9. The molecule has 6 heteroatoms. The Hall–Kier alpha value is -2.57. The smallest absolute Gasteiger partial charge is 0.266 e. The van der Waals surface area contributed by atoms with Crippen LogP contribution in [0.25, 0.3) is 16.6 Å². The van der Waals surface area contributed by atoms with Gasteiger partial charge >= 0.3 is 0 Å². The van der Waals surface area contributed by atoms with Gasteiger partial charge in [0.15, 0.2) is 0 Å². The third-order valence-electron chi connectivity index (χ3n) is 6.90. The van der Waals surface area contributed by atoms with Crippen molar-refractivity contribution in [3.63, 3.8) is 0 Å². The Morgan fingerprint density at radius 1 is 1.06 bits per heavy atom. The van der Waals surface area contributed by atoms with Crippen LogP contribution in [0.1, 0.15) is 56.0 Å². The molecule has 1 saturated heterocycles. The zero-order valence-corrected chi connectivity index (χ0v) is 18.5. The van der Waals surface area contributed by atoms with Crippen molar-refractivity contribution in [2.24, 2.45) is 11.7 Å². The van der Waals surface area contributed by atoms with Crippen molar-refractivity contribution in [2.45, 2.75) is 51.0 Å². The Labute approximate surface area is 188 Å². The van der Waals surface area contributed by atoms with Gasteiger partial charge in [-0.05, 0) is 87.8 Å². The number of aromatic nitrogens is 2. The van der Waals surface area contributed by atoms with Gasteiger partial charge in [0, 0.05) is 0 Å². The standard InChI is InChI=1S/C26H31FN4O/c27-21-14-13-18(8-7-17-30-15-5-2-6-16-30)22-24(21)29-25(23(28)19-11-12-19)31(26(22)32)20-9-3-1-4-10-20/h1,3-4,9-10,13-14,19,23H,2,5-8,11-12,15-17,28H2. The van der Waals surface area contributed by atoms with Crippen LogP contribution in [0, 0.1) is 11.7 Å². The predicted octanol–water partition coefficient (Wildman–Crippen LogP) is 4.35. The Kier molecular flexibility index (Phi) is 6.07. The average Bonchev–Trinajstić information content (AvgIpc) is 3.67. The summed E-state index contributed by atoms with van der Waals surface area (Å²) in [6, 6.07) is 12.3. The molecule has 2 heterocycles. The molecule has 5 rings (SSSR count). The van der Waals surface area contributed by atoms with E-state index in [1.165, 1.54) is 25.3 Å². The molecule has 1 aliphatic heterocycles. The number of para-hydroxylation sites is 1. The molecule has 1 aliphatic carbocycles. The summed E-state index contributed by atoms with van der Waals surface area (Å²) >= 11 is 0. The molecule has 1 atom stereocenters. The lowest BCUT2D eigenvalue weighted by atomic mass is 10.0. The van der Waals surface area contributed by atoms with E-state index in [4.69, 9.17) is 5.73 Å². The number of piperidine rings is 1. The number of rotatable bonds is 7. The van der Waals surface area contributed by atoms with Gasteiger partial charge in [-0.2, -0.15) is 0 Å². The monoisotopic (exact) mass is 434 g/mol. The molecule has 168 valence electrons. The maximum Gasteiger partial charge on any atom is 0.266 e. The zero-order valence-electron chi connectivity index (χ0n) is 18.5. The lowest BCUT2D eigenvalue weighted by molar-refractivity contribution is 0.226. The van der Waals surface area contributed by atoms with E-state index in [0.29, 0.717) is 17.1 Å². The molecule has 5 nitrogen and oxygen atoms in total. The molecule has 0 radical (unpaired) electrons. The van der Waals surface area contributed by atoms with Crippen molar-refractivity contribution < 1.29 is 4.39 Å². The summed E-state index contributed by atoms with van der Waals surface area (Å²) in [6.07, 6.45) is 7.53. The molecule has 1 saturated carbocycles. The van der Waals surface area contributed by atoms with Crippen molar-refractivity contribution in [1.29, 1.82) is 0 Å². The minimum atomic E-state index is -0.457. The van der Waals surface area contributed by atoms with Crippen LogP contribution in [-0.4, -0.2) is 34.1 Å². The number of halogens is 1. The Balaban J connectivity index is 1.57. The topological polar surface area (TPSA) is 64.2 Å². The van der Waals surface area contributed by atoms with Crippen molar-refractivity contribution in [3.05, 3.63) is 70.0 Å². The minimum Gasteiger partial charge on any atom is -0.321 e. The number of hydrogen-bond acceptors (Lipinski definition) is 4. The number of fused-ring (bicyclic) bond motifs is 1. The van der Waals surface area contributed by atoms with Crippen molar-refractivity contribution in [1.82, 2.24) is 14.5 Å². The second-order valence-corrected chi connectivity index (χ2v) is 9.25.